The van der Waals surface area contributed by atoms with Crippen LogP contribution in [0.1, 0.15) is 16.1 Å². The van der Waals surface area contributed by atoms with Gasteiger partial charge in [0.15, 0.2) is 17.9 Å². The van der Waals surface area contributed by atoms with Crippen molar-refractivity contribution in [2.75, 3.05) is 12.0 Å². The summed E-state index contributed by atoms with van der Waals surface area (Å²) < 4.78 is 10.4. The molecular formula is C18H16N2O5. The Bertz CT molecular complexity index is 860. The Labute approximate surface area is 143 Å². The van der Waals surface area contributed by atoms with Crippen LogP contribution in [-0.4, -0.2) is 28.3 Å². The van der Waals surface area contributed by atoms with Crippen LogP contribution in [0.4, 0.5) is 11.4 Å². The van der Waals surface area contributed by atoms with Crippen LogP contribution in [0.5, 0.6) is 11.5 Å². The number of benzene rings is 2. The molecule has 0 radical (unpaired) electrons. The second-order valence-corrected chi connectivity index (χ2v) is 5.26. The number of carboxylic acid groups (broad SMARTS) is 1. The van der Waals surface area contributed by atoms with Gasteiger partial charge in [-0.15, -0.1) is 0 Å². The Morgan fingerprint density at radius 1 is 1.20 bits per heavy atom. The minimum absolute atomic E-state index is 0.00438. The second-order valence-electron chi connectivity index (χ2n) is 5.26. The summed E-state index contributed by atoms with van der Waals surface area (Å²) in [4.78, 5) is 16.8. The van der Waals surface area contributed by atoms with Crippen molar-refractivity contribution in [1.29, 1.82) is 0 Å². The summed E-state index contributed by atoms with van der Waals surface area (Å²) in [6.45, 7) is 0.359. The van der Waals surface area contributed by atoms with Gasteiger partial charge in [-0.3, -0.25) is 0 Å². The van der Waals surface area contributed by atoms with Crippen LogP contribution in [0.15, 0.2) is 59.5 Å². The van der Waals surface area contributed by atoms with E-state index in [4.69, 9.17) is 14.3 Å². The quantitative estimate of drug-likeness (QED) is 0.709. The monoisotopic (exact) mass is 340 g/mol. The molecule has 0 amide bonds. The van der Waals surface area contributed by atoms with Crippen LogP contribution in [-0.2, 0) is 6.54 Å². The molecule has 0 bridgehead atoms. The summed E-state index contributed by atoms with van der Waals surface area (Å²) in [5.74, 6) is 0.00219. The molecule has 1 aromatic heterocycles. The Morgan fingerprint density at radius 2 is 1.92 bits per heavy atom. The van der Waals surface area contributed by atoms with E-state index in [-0.39, 0.29) is 11.3 Å². The van der Waals surface area contributed by atoms with E-state index in [1.54, 1.807) is 36.5 Å². The fourth-order valence-electron chi connectivity index (χ4n) is 2.44. The van der Waals surface area contributed by atoms with Crippen molar-refractivity contribution in [3.8, 4) is 11.5 Å². The van der Waals surface area contributed by atoms with Gasteiger partial charge >= 0.3 is 5.97 Å². The van der Waals surface area contributed by atoms with E-state index in [1.165, 1.54) is 25.6 Å². The van der Waals surface area contributed by atoms with Crippen molar-refractivity contribution in [3.05, 3.63) is 66.4 Å². The van der Waals surface area contributed by atoms with Gasteiger partial charge in [0.25, 0.3) is 0 Å². The van der Waals surface area contributed by atoms with Crippen molar-refractivity contribution in [3.63, 3.8) is 0 Å². The molecule has 3 aromatic rings. The second kappa shape index (κ2) is 6.96. The van der Waals surface area contributed by atoms with E-state index in [0.29, 0.717) is 23.7 Å². The number of aromatic carboxylic acids is 1. The van der Waals surface area contributed by atoms with Gasteiger partial charge in [-0.05, 0) is 36.4 Å². The lowest BCUT2D eigenvalue weighted by Gasteiger charge is -2.24. The van der Waals surface area contributed by atoms with Crippen LogP contribution >= 0.6 is 0 Å². The number of hydrogen-bond donors (Lipinski definition) is 2. The van der Waals surface area contributed by atoms with Crippen LogP contribution in [0.2, 0.25) is 0 Å². The zero-order valence-electron chi connectivity index (χ0n) is 13.4. The molecule has 0 unspecified atom stereocenters. The smallest absolute Gasteiger partial charge is 0.335 e. The fraction of sp³-hybridized carbons (Fsp3) is 0.111. The molecule has 2 N–H and O–H groups in total. The highest BCUT2D eigenvalue weighted by Gasteiger charge is 2.15. The van der Waals surface area contributed by atoms with Gasteiger partial charge in [0.1, 0.15) is 5.76 Å². The van der Waals surface area contributed by atoms with Crippen LogP contribution < -0.4 is 9.64 Å². The normalized spacial score (nSPS) is 10.4. The van der Waals surface area contributed by atoms with Crippen LogP contribution in [0.25, 0.3) is 0 Å². The molecule has 7 nitrogen and oxygen atoms in total. The third kappa shape index (κ3) is 3.55. The number of phenols is 1. The van der Waals surface area contributed by atoms with Gasteiger partial charge in [-0.2, -0.15) is 0 Å². The molecular weight excluding hydrogens is 324 g/mol. The van der Waals surface area contributed by atoms with E-state index in [9.17, 15) is 9.90 Å². The molecule has 0 atom stereocenters. The lowest BCUT2D eigenvalue weighted by Crippen LogP contribution is -2.16. The molecule has 25 heavy (non-hydrogen) atoms. The Kier molecular flexibility index (Phi) is 4.56. The lowest BCUT2D eigenvalue weighted by atomic mass is 10.1. The average Bonchev–Trinajstić information content (AvgIpc) is 3.13. The highest BCUT2D eigenvalue weighted by Crippen LogP contribution is 2.34. The van der Waals surface area contributed by atoms with E-state index in [2.05, 4.69) is 4.98 Å². The first-order valence-corrected chi connectivity index (χ1v) is 7.44. The highest BCUT2D eigenvalue weighted by atomic mass is 16.5. The molecule has 0 saturated carbocycles. The van der Waals surface area contributed by atoms with Gasteiger partial charge < -0.3 is 24.3 Å². The van der Waals surface area contributed by atoms with Crippen LogP contribution in [0, 0.1) is 0 Å². The number of carbonyl (C=O) groups is 1. The summed E-state index contributed by atoms with van der Waals surface area (Å²) in [5.41, 5.74) is 1.63. The molecule has 0 aliphatic heterocycles. The summed E-state index contributed by atoms with van der Waals surface area (Å²) in [7, 11) is 1.48. The fourth-order valence-corrected chi connectivity index (χ4v) is 2.44. The molecule has 0 spiro atoms. The predicted molar refractivity (Wildman–Crippen MR) is 90.4 cm³/mol. The molecule has 128 valence electrons. The summed E-state index contributed by atoms with van der Waals surface area (Å²) in [6.07, 6.45) is 2.94. The maximum Gasteiger partial charge on any atom is 0.335 e. The number of ether oxygens (including phenoxy) is 1. The van der Waals surface area contributed by atoms with Crippen LogP contribution in [0.3, 0.4) is 0 Å². The number of oxazole rings is 1. The zero-order valence-corrected chi connectivity index (χ0v) is 13.4. The van der Waals surface area contributed by atoms with Crippen molar-refractivity contribution >= 4 is 17.3 Å². The summed E-state index contributed by atoms with van der Waals surface area (Å²) in [5, 5.41) is 19.1. The van der Waals surface area contributed by atoms with Gasteiger partial charge in [-0.1, -0.05) is 0 Å². The molecule has 0 fully saturated rings. The molecule has 0 aliphatic carbocycles. The maximum absolute atomic E-state index is 11.0. The number of methoxy groups -OCH3 is 1. The number of carboxylic acids is 1. The van der Waals surface area contributed by atoms with Gasteiger partial charge in [0.05, 0.1) is 25.4 Å². The van der Waals surface area contributed by atoms with E-state index in [1.807, 2.05) is 4.90 Å². The highest BCUT2D eigenvalue weighted by molar-refractivity contribution is 5.88. The zero-order chi connectivity index (χ0) is 17.8. The number of hydrogen-bond acceptors (Lipinski definition) is 6. The van der Waals surface area contributed by atoms with Gasteiger partial charge in [-0.25, -0.2) is 9.78 Å². The Hall–Kier alpha value is -3.48. The first-order valence-electron chi connectivity index (χ1n) is 7.44. The van der Waals surface area contributed by atoms with E-state index < -0.39 is 5.97 Å². The van der Waals surface area contributed by atoms with Crippen molar-refractivity contribution in [2.45, 2.75) is 6.54 Å². The van der Waals surface area contributed by atoms with Crippen molar-refractivity contribution in [1.82, 2.24) is 4.98 Å². The number of anilines is 2. The lowest BCUT2D eigenvalue weighted by molar-refractivity contribution is 0.0697. The summed E-state index contributed by atoms with van der Waals surface area (Å²) in [6, 6.07) is 11.5. The topological polar surface area (TPSA) is 96.0 Å². The van der Waals surface area contributed by atoms with E-state index >= 15 is 0 Å². The predicted octanol–water partition coefficient (Wildman–Crippen LogP) is 3.43. The average molecular weight is 340 g/mol. The van der Waals surface area contributed by atoms with Gasteiger partial charge in [0.2, 0.25) is 0 Å². The number of aromatic nitrogens is 1. The third-order valence-corrected chi connectivity index (χ3v) is 3.70. The molecule has 1 heterocycles. The number of rotatable bonds is 6. The molecule has 0 saturated heterocycles. The molecule has 2 aromatic carbocycles. The molecule has 3 rings (SSSR count). The number of aromatic hydroxyl groups is 1. The first kappa shape index (κ1) is 16.4. The van der Waals surface area contributed by atoms with Gasteiger partial charge in [0, 0.05) is 17.4 Å². The standard InChI is InChI=1S/C18H16N2O5/c1-24-17-7-6-14(8-16(17)21)20(10-15-9-19-11-25-15)13-4-2-12(3-5-13)18(22)23/h2-9,11,21H,10H2,1H3,(H,22,23). The van der Waals surface area contributed by atoms with E-state index in [0.717, 1.165) is 5.69 Å². The minimum Gasteiger partial charge on any atom is -0.504 e. The SMILES string of the molecule is COc1ccc(N(Cc2cnco2)c2ccc(C(=O)O)cc2)cc1O. The Balaban J connectivity index is 2.00. The summed E-state index contributed by atoms with van der Waals surface area (Å²) >= 11 is 0. The first-order chi connectivity index (χ1) is 12.1. The minimum atomic E-state index is -0.990. The Morgan fingerprint density at radius 3 is 2.48 bits per heavy atom. The molecule has 0 aliphatic rings. The van der Waals surface area contributed by atoms with Crippen molar-refractivity contribution < 1.29 is 24.2 Å². The largest absolute Gasteiger partial charge is 0.504 e. The molecule has 7 heteroatoms. The number of nitrogens with zero attached hydrogens (tertiary/aromatic N) is 2. The van der Waals surface area contributed by atoms with Crippen molar-refractivity contribution in [2.24, 2.45) is 0 Å². The third-order valence-electron chi connectivity index (χ3n) is 3.70. The maximum atomic E-state index is 11.0. The number of phenolic OH excluding ortho intramolecular Hbond substituents is 1.